The lowest BCUT2D eigenvalue weighted by Gasteiger charge is -2.21. The van der Waals surface area contributed by atoms with Crippen molar-refractivity contribution in [2.45, 2.75) is 52.0 Å². The fourth-order valence-electron chi connectivity index (χ4n) is 3.10. The summed E-state index contributed by atoms with van der Waals surface area (Å²) in [6.07, 6.45) is 4.61. The Morgan fingerprint density at radius 3 is 2.38 bits per heavy atom. The van der Waals surface area contributed by atoms with E-state index in [1.54, 1.807) is 12.1 Å². The van der Waals surface area contributed by atoms with Crippen LogP contribution in [0.25, 0.3) is 0 Å². The van der Waals surface area contributed by atoms with Gasteiger partial charge < -0.3 is 15.5 Å². The van der Waals surface area contributed by atoms with Gasteiger partial charge in [0.1, 0.15) is 0 Å². The normalized spacial score (nSPS) is 16.8. The van der Waals surface area contributed by atoms with Gasteiger partial charge in [-0.1, -0.05) is 13.8 Å². The van der Waals surface area contributed by atoms with Crippen molar-refractivity contribution in [3.05, 3.63) is 29.8 Å². The SMILES string of the molecule is CCCN(CCC)C(=O)c1ccc(NC(=O)CC2CCCN2)cc1. The van der Waals surface area contributed by atoms with E-state index < -0.39 is 0 Å². The fraction of sp³-hybridized carbons (Fsp3) is 0.579. The van der Waals surface area contributed by atoms with Crippen molar-refractivity contribution in [2.75, 3.05) is 25.0 Å². The standard InChI is InChI=1S/C19H29N3O2/c1-3-12-22(13-4-2)19(24)15-7-9-16(10-8-15)21-18(23)14-17-6-5-11-20-17/h7-10,17,20H,3-6,11-14H2,1-2H3,(H,21,23). The fourth-order valence-corrected chi connectivity index (χ4v) is 3.10. The lowest BCUT2D eigenvalue weighted by Crippen LogP contribution is -2.32. The van der Waals surface area contributed by atoms with Gasteiger partial charge in [-0.3, -0.25) is 9.59 Å². The number of carbonyl (C=O) groups excluding carboxylic acids is 2. The topological polar surface area (TPSA) is 61.4 Å². The minimum absolute atomic E-state index is 0.0204. The molecule has 132 valence electrons. The van der Waals surface area contributed by atoms with E-state index in [1.807, 2.05) is 17.0 Å². The van der Waals surface area contributed by atoms with E-state index in [-0.39, 0.29) is 11.8 Å². The predicted molar refractivity (Wildman–Crippen MR) is 97.2 cm³/mol. The molecule has 1 aliphatic rings. The average Bonchev–Trinajstić information content (AvgIpc) is 3.07. The van der Waals surface area contributed by atoms with Crippen molar-refractivity contribution < 1.29 is 9.59 Å². The maximum atomic E-state index is 12.5. The van der Waals surface area contributed by atoms with Gasteiger partial charge in [0.2, 0.25) is 5.91 Å². The number of carbonyl (C=O) groups is 2. The molecule has 5 heteroatoms. The number of hydrogen-bond acceptors (Lipinski definition) is 3. The number of nitrogens with one attached hydrogen (secondary N) is 2. The summed E-state index contributed by atoms with van der Waals surface area (Å²) in [5.41, 5.74) is 1.42. The minimum Gasteiger partial charge on any atom is -0.339 e. The van der Waals surface area contributed by atoms with Gasteiger partial charge in [-0.15, -0.1) is 0 Å². The van der Waals surface area contributed by atoms with E-state index in [1.165, 1.54) is 0 Å². The van der Waals surface area contributed by atoms with Crippen LogP contribution in [0.15, 0.2) is 24.3 Å². The van der Waals surface area contributed by atoms with Crippen molar-refractivity contribution in [2.24, 2.45) is 0 Å². The number of nitrogens with zero attached hydrogens (tertiary/aromatic N) is 1. The summed E-state index contributed by atoms with van der Waals surface area (Å²) in [4.78, 5) is 26.4. The van der Waals surface area contributed by atoms with Crippen molar-refractivity contribution in [3.8, 4) is 0 Å². The van der Waals surface area contributed by atoms with Gasteiger partial charge in [0.15, 0.2) is 0 Å². The Labute approximate surface area is 144 Å². The lowest BCUT2D eigenvalue weighted by atomic mass is 10.1. The Kier molecular flexibility index (Phi) is 7.25. The summed E-state index contributed by atoms with van der Waals surface area (Å²) < 4.78 is 0. The van der Waals surface area contributed by atoms with Gasteiger partial charge in [-0.05, 0) is 56.5 Å². The van der Waals surface area contributed by atoms with Crippen LogP contribution in [0.2, 0.25) is 0 Å². The quantitative estimate of drug-likeness (QED) is 0.770. The first-order valence-electron chi connectivity index (χ1n) is 9.06. The maximum absolute atomic E-state index is 12.5. The second kappa shape index (κ2) is 9.42. The zero-order chi connectivity index (χ0) is 17.4. The second-order valence-electron chi connectivity index (χ2n) is 6.42. The molecule has 0 saturated carbocycles. The smallest absolute Gasteiger partial charge is 0.253 e. The van der Waals surface area contributed by atoms with E-state index in [2.05, 4.69) is 24.5 Å². The van der Waals surface area contributed by atoms with Gasteiger partial charge in [-0.25, -0.2) is 0 Å². The maximum Gasteiger partial charge on any atom is 0.253 e. The molecule has 0 spiro atoms. The summed E-state index contributed by atoms with van der Waals surface area (Å²) in [6, 6.07) is 7.50. The molecular weight excluding hydrogens is 302 g/mol. The molecule has 1 aliphatic heterocycles. The molecule has 0 aliphatic carbocycles. The Hall–Kier alpha value is -1.88. The Bertz CT molecular complexity index is 530. The van der Waals surface area contributed by atoms with Crippen molar-refractivity contribution >= 4 is 17.5 Å². The molecule has 1 aromatic rings. The highest BCUT2D eigenvalue weighted by Gasteiger charge is 2.18. The summed E-state index contributed by atoms with van der Waals surface area (Å²) in [7, 11) is 0. The number of amides is 2. The molecule has 1 fully saturated rings. The molecule has 0 bridgehead atoms. The average molecular weight is 331 g/mol. The van der Waals surface area contributed by atoms with Crippen LogP contribution in [-0.2, 0) is 4.79 Å². The molecule has 1 saturated heterocycles. The Balaban J connectivity index is 1.91. The first-order chi connectivity index (χ1) is 11.6. The molecule has 0 radical (unpaired) electrons. The minimum atomic E-state index is 0.0204. The summed E-state index contributed by atoms with van der Waals surface area (Å²) in [5.74, 6) is 0.0822. The Morgan fingerprint density at radius 1 is 1.17 bits per heavy atom. The van der Waals surface area contributed by atoms with Gasteiger partial charge in [0.25, 0.3) is 5.91 Å². The largest absolute Gasteiger partial charge is 0.339 e. The van der Waals surface area contributed by atoms with Gasteiger partial charge in [0, 0.05) is 36.8 Å². The van der Waals surface area contributed by atoms with E-state index in [4.69, 9.17) is 0 Å². The molecular formula is C19H29N3O2. The summed E-state index contributed by atoms with van der Waals surface area (Å²) in [6.45, 7) is 6.71. The van der Waals surface area contributed by atoms with Gasteiger partial charge >= 0.3 is 0 Å². The van der Waals surface area contributed by atoms with Crippen LogP contribution in [0, 0.1) is 0 Å². The van der Waals surface area contributed by atoms with Crippen LogP contribution in [0.5, 0.6) is 0 Å². The molecule has 1 heterocycles. The molecule has 2 N–H and O–H groups in total. The summed E-state index contributed by atoms with van der Waals surface area (Å²) in [5, 5.41) is 6.23. The molecule has 2 amide bonds. The number of hydrogen-bond donors (Lipinski definition) is 2. The third-order valence-electron chi connectivity index (χ3n) is 4.28. The molecule has 0 aromatic heterocycles. The number of rotatable bonds is 8. The third-order valence-corrected chi connectivity index (χ3v) is 4.28. The van der Waals surface area contributed by atoms with Crippen LogP contribution < -0.4 is 10.6 Å². The Morgan fingerprint density at radius 2 is 1.83 bits per heavy atom. The van der Waals surface area contributed by atoms with Crippen LogP contribution in [-0.4, -0.2) is 42.4 Å². The molecule has 2 rings (SSSR count). The van der Waals surface area contributed by atoms with Crippen LogP contribution in [0.3, 0.4) is 0 Å². The molecule has 1 unspecified atom stereocenters. The molecule has 5 nitrogen and oxygen atoms in total. The number of anilines is 1. The third kappa shape index (κ3) is 5.34. The van der Waals surface area contributed by atoms with Crippen LogP contribution in [0.1, 0.15) is 56.3 Å². The zero-order valence-corrected chi connectivity index (χ0v) is 14.8. The predicted octanol–water partition coefficient (Wildman–Crippen LogP) is 3.03. The van der Waals surface area contributed by atoms with Crippen molar-refractivity contribution in [3.63, 3.8) is 0 Å². The molecule has 1 atom stereocenters. The highest BCUT2D eigenvalue weighted by Crippen LogP contribution is 2.14. The monoisotopic (exact) mass is 331 g/mol. The van der Waals surface area contributed by atoms with E-state index in [0.29, 0.717) is 18.0 Å². The van der Waals surface area contributed by atoms with E-state index in [9.17, 15) is 9.59 Å². The number of benzene rings is 1. The first kappa shape index (κ1) is 18.5. The van der Waals surface area contributed by atoms with Crippen molar-refractivity contribution in [1.82, 2.24) is 10.2 Å². The van der Waals surface area contributed by atoms with E-state index in [0.717, 1.165) is 51.0 Å². The molecule has 24 heavy (non-hydrogen) atoms. The zero-order valence-electron chi connectivity index (χ0n) is 14.8. The first-order valence-corrected chi connectivity index (χ1v) is 9.06. The van der Waals surface area contributed by atoms with Gasteiger partial charge in [0.05, 0.1) is 0 Å². The lowest BCUT2D eigenvalue weighted by molar-refractivity contribution is -0.116. The highest BCUT2D eigenvalue weighted by atomic mass is 16.2. The highest BCUT2D eigenvalue weighted by molar-refractivity contribution is 5.96. The summed E-state index contributed by atoms with van der Waals surface area (Å²) >= 11 is 0. The second-order valence-corrected chi connectivity index (χ2v) is 6.42. The van der Waals surface area contributed by atoms with Crippen molar-refractivity contribution in [1.29, 1.82) is 0 Å². The van der Waals surface area contributed by atoms with Crippen LogP contribution >= 0.6 is 0 Å². The van der Waals surface area contributed by atoms with E-state index >= 15 is 0 Å². The molecule has 1 aromatic carbocycles. The van der Waals surface area contributed by atoms with Gasteiger partial charge in [-0.2, -0.15) is 0 Å². The van der Waals surface area contributed by atoms with Crippen LogP contribution in [0.4, 0.5) is 5.69 Å².